The van der Waals surface area contributed by atoms with Gasteiger partial charge in [0, 0.05) is 21.5 Å². The molecule has 1 aliphatic carbocycles. The summed E-state index contributed by atoms with van der Waals surface area (Å²) in [7, 11) is 0. The molecule has 0 amide bonds. The number of nitrogens with zero attached hydrogens (tertiary/aromatic N) is 2. The second-order valence-corrected chi connectivity index (χ2v) is 7.53. The number of aromatic nitrogens is 1. The molecule has 1 N–H and O–H groups in total. The van der Waals surface area contributed by atoms with Crippen LogP contribution in [0.2, 0.25) is 0 Å². The molecule has 2 aromatic carbocycles. The van der Waals surface area contributed by atoms with Crippen molar-refractivity contribution in [3.8, 4) is 0 Å². The predicted octanol–water partition coefficient (Wildman–Crippen LogP) is 5.27. The second-order valence-electron chi connectivity index (χ2n) is 6.61. The Bertz CT molecular complexity index is 1070. The van der Waals surface area contributed by atoms with Crippen LogP contribution in [0.5, 0.6) is 0 Å². The number of nitrogens with one attached hydrogen (secondary N) is 1. The van der Waals surface area contributed by atoms with Gasteiger partial charge in [0.2, 0.25) is 0 Å². The number of hydrogen-bond acceptors (Lipinski definition) is 5. The first-order valence-corrected chi connectivity index (χ1v) is 9.44. The molecule has 136 valence electrons. The van der Waals surface area contributed by atoms with Crippen molar-refractivity contribution in [1.82, 2.24) is 4.98 Å². The Labute approximate surface area is 163 Å². The third-order valence-corrected chi connectivity index (χ3v) is 5.44. The second kappa shape index (κ2) is 7.08. The Morgan fingerprint density at radius 3 is 2.89 bits per heavy atom. The minimum atomic E-state index is -0.434. The lowest BCUT2D eigenvalue weighted by Crippen LogP contribution is -2.11. The Kier molecular flexibility index (Phi) is 4.61. The standard InChI is InChI=1S/C20H16BrN3O3/c21-14-4-7-18-17(9-14)20(19(10-22-18)24(26)27)23-15-5-6-16-12(8-15)2-1-3-13(16)11-25/h4-11,13H,1-3H2,(H,22,23). The Hall–Kier alpha value is -2.80. The monoisotopic (exact) mass is 425 g/mol. The van der Waals surface area contributed by atoms with Gasteiger partial charge in [0.15, 0.2) is 0 Å². The SMILES string of the molecule is O=CC1CCCc2cc(Nc3c([N+](=O)[O-])cnc4ccc(Br)cc34)ccc21. The summed E-state index contributed by atoms with van der Waals surface area (Å²) in [5, 5.41) is 15.4. The normalized spacial score (nSPS) is 16.0. The Morgan fingerprint density at radius 1 is 1.26 bits per heavy atom. The minimum Gasteiger partial charge on any atom is -0.349 e. The number of anilines is 2. The summed E-state index contributed by atoms with van der Waals surface area (Å²) in [6, 6.07) is 11.3. The van der Waals surface area contributed by atoms with Gasteiger partial charge in [-0.25, -0.2) is 4.98 Å². The van der Waals surface area contributed by atoms with E-state index in [2.05, 4.69) is 26.2 Å². The van der Waals surface area contributed by atoms with Crippen LogP contribution in [-0.2, 0) is 11.2 Å². The molecule has 0 saturated heterocycles. The van der Waals surface area contributed by atoms with Crippen LogP contribution in [0.15, 0.2) is 47.1 Å². The number of carbonyl (C=O) groups is 1. The maximum atomic E-state index is 11.5. The van der Waals surface area contributed by atoms with E-state index in [0.29, 0.717) is 16.6 Å². The molecule has 4 rings (SSSR count). The topological polar surface area (TPSA) is 85.1 Å². The summed E-state index contributed by atoms with van der Waals surface area (Å²) in [6.45, 7) is 0. The molecule has 0 aliphatic heterocycles. The van der Waals surface area contributed by atoms with Crippen molar-refractivity contribution in [2.75, 3.05) is 5.32 Å². The van der Waals surface area contributed by atoms with Gasteiger partial charge in [0.25, 0.3) is 0 Å². The molecule has 1 atom stereocenters. The number of rotatable bonds is 4. The van der Waals surface area contributed by atoms with E-state index in [-0.39, 0.29) is 11.6 Å². The maximum absolute atomic E-state index is 11.5. The third-order valence-electron chi connectivity index (χ3n) is 4.94. The van der Waals surface area contributed by atoms with Gasteiger partial charge in [0.05, 0.1) is 10.4 Å². The number of pyridine rings is 1. The van der Waals surface area contributed by atoms with E-state index in [0.717, 1.165) is 46.8 Å². The third kappa shape index (κ3) is 3.30. The molecule has 1 heterocycles. The molecular weight excluding hydrogens is 410 g/mol. The highest BCUT2D eigenvalue weighted by atomic mass is 79.9. The van der Waals surface area contributed by atoms with Crippen molar-refractivity contribution in [1.29, 1.82) is 0 Å². The van der Waals surface area contributed by atoms with Crippen molar-refractivity contribution < 1.29 is 9.72 Å². The number of benzene rings is 2. The first-order chi connectivity index (χ1) is 13.1. The molecule has 6 nitrogen and oxygen atoms in total. The van der Waals surface area contributed by atoms with Crippen LogP contribution in [0.25, 0.3) is 10.9 Å². The molecule has 27 heavy (non-hydrogen) atoms. The summed E-state index contributed by atoms with van der Waals surface area (Å²) in [6.07, 6.45) is 5.02. The first kappa shape index (κ1) is 17.6. The van der Waals surface area contributed by atoms with Gasteiger partial charge in [-0.05, 0) is 60.7 Å². The number of carbonyl (C=O) groups excluding carboxylic acids is 1. The lowest BCUT2D eigenvalue weighted by Gasteiger charge is -2.22. The number of halogens is 1. The van der Waals surface area contributed by atoms with Gasteiger partial charge in [-0.1, -0.05) is 22.0 Å². The molecule has 0 bridgehead atoms. The lowest BCUT2D eigenvalue weighted by atomic mass is 9.83. The Balaban J connectivity index is 1.81. The van der Waals surface area contributed by atoms with Crippen LogP contribution >= 0.6 is 15.9 Å². The fourth-order valence-corrected chi connectivity index (χ4v) is 4.00. The molecule has 0 saturated carbocycles. The van der Waals surface area contributed by atoms with Gasteiger partial charge >= 0.3 is 5.69 Å². The first-order valence-electron chi connectivity index (χ1n) is 8.64. The number of aldehydes is 1. The smallest absolute Gasteiger partial charge is 0.311 e. The van der Waals surface area contributed by atoms with E-state index < -0.39 is 4.92 Å². The highest BCUT2D eigenvalue weighted by Gasteiger charge is 2.22. The molecule has 3 aromatic rings. The van der Waals surface area contributed by atoms with Crippen LogP contribution in [0.1, 0.15) is 29.9 Å². The molecule has 0 radical (unpaired) electrons. The van der Waals surface area contributed by atoms with Crippen molar-refractivity contribution in [2.45, 2.75) is 25.2 Å². The molecular formula is C20H16BrN3O3. The van der Waals surface area contributed by atoms with Crippen LogP contribution < -0.4 is 5.32 Å². The number of hydrogen-bond donors (Lipinski definition) is 1. The van der Waals surface area contributed by atoms with Crippen molar-refractivity contribution in [3.63, 3.8) is 0 Å². The fourth-order valence-electron chi connectivity index (χ4n) is 3.64. The van der Waals surface area contributed by atoms with E-state index >= 15 is 0 Å². The van der Waals surface area contributed by atoms with E-state index in [9.17, 15) is 14.9 Å². The van der Waals surface area contributed by atoms with Crippen molar-refractivity contribution >= 4 is 50.2 Å². The van der Waals surface area contributed by atoms with E-state index in [4.69, 9.17) is 0 Å². The maximum Gasteiger partial charge on any atom is 0.311 e. The summed E-state index contributed by atoms with van der Waals surface area (Å²) >= 11 is 3.42. The number of aryl methyl sites for hydroxylation is 1. The van der Waals surface area contributed by atoms with Gasteiger partial charge < -0.3 is 10.1 Å². The van der Waals surface area contributed by atoms with Crippen LogP contribution in [0.4, 0.5) is 17.1 Å². The summed E-state index contributed by atoms with van der Waals surface area (Å²) in [5.41, 5.74) is 3.93. The van der Waals surface area contributed by atoms with E-state index in [1.165, 1.54) is 6.20 Å². The average Bonchev–Trinajstić information content (AvgIpc) is 2.67. The van der Waals surface area contributed by atoms with Gasteiger partial charge in [-0.3, -0.25) is 10.1 Å². The van der Waals surface area contributed by atoms with Crippen LogP contribution in [0, 0.1) is 10.1 Å². The van der Waals surface area contributed by atoms with E-state index in [1.54, 1.807) is 0 Å². The zero-order valence-electron chi connectivity index (χ0n) is 14.3. The quantitative estimate of drug-likeness (QED) is 0.349. The lowest BCUT2D eigenvalue weighted by molar-refractivity contribution is -0.384. The molecule has 0 fully saturated rings. The number of fused-ring (bicyclic) bond motifs is 2. The zero-order valence-corrected chi connectivity index (χ0v) is 15.9. The zero-order chi connectivity index (χ0) is 19.0. The van der Waals surface area contributed by atoms with Crippen LogP contribution in [-0.4, -0.2) is 16.2 Å². The fraction of sp³-hybridized carbons (Fsp3) is 0.200. The minimum absolute atomic E-state index is 0.0603. The summed E-state index contributed by atoms with van der Waals surface area (Å²) < 4.78 is 0.819. The molecule has 0 spiro atoms. The molecule has 1 unspecified atom stereocenters. The predicted molar refractivity (Wildman–Crippen MR) is 108 cm³/mol. The van der Waals surface area contributed by atoms with Crippen molar-refractivity contribution in [2.24, 2.45) is 0 Å². The van der Waals surface area contributed by atoms with Gasteiger partial charge in [-0.15, -0.1) is 0 Å². The molecule has 1 aliphatic rings. The average molecular weight is 426 g/mol. The largest absolute Gasteiger partial charge is 0.349 e. The summed E-state index contributed by atoms with van der Waals surface area (Å²) in [5.74, 6) is -0.0603. The highest BCUT2D eigenvalue weighted by molar-refractivity contribution is 9.10. The van der Waals surface area contributed by atoms with Gasteiger partial charge in [0.1, 0.15) is 18.2 Å². The van der Waals surface area contributed by atoms with Crippen LogP contribution in [0.3, 0.4) is 0 Å². The Morgan fingerprint density at radius 2 is 2.11 bits per heavy atom. The molecule has 7 heteroatoms. The highest BCUT2D eigenvalue weighted by Crippen LogP contribution is 2.37. The van der Waals surface area contributed by atoms with Crippen molar-refractivity contribution in [3.05, 3.63) is 68.3 Å². The molecule has 1 aromatic heterocycles. The summed E-state index contributed by atoms with van der Waals surface area (Å²) in [4.78, 5) is 26.6. The number of nitro groups is 1. The van der Waals surface area contributed by atoms with E-state index in [1.807, 2.05) is 36.4 Å². The van der Waals surface area contributed by atoms with Gasteiger partial charge in [-0.2, -0.15) is 0 Å².